The summed E-state index contributed by atoms with van der Waals surface area (Å²) < 4.78 is 7.59. The van der Waals surface area contributed by atoms with Gasteiger partial charge >= 0.3 is 0 Å². The molecular weight excluding hydrogens is 264 g/mol. The summed E-state index contributed by atoms with van der Waals surface area (Å²) in [6, 6.07) is 5.50. The molecule has 0 saturated heterocycles. The Labute approximate surface area is 117 Å². The normalized spacial score (nSPS) is 10.7. The maximum absolute atomic E-state index is 6.08. The molecule has 0 radical (unpaired) electrons. The Morgan fingerprint density at radius 1 is 1.42 bits per heavy atom. The highest BCUT2D eigenvalue weighted by molar-refractivity contribution is 6.31. The first-order valence-corrected chi connectivity index (χ1v) is 6.61. The minimum atomic E-state index is 0.344. The molecule has 0 fully saturated rings. The van der Waals surface area contributed by atoms with E-state index >= 15 is 0 Å². The summed E-state index contributed by atoms with van der Waals surface area (Å²) in [4.78, 5) is 4.19. The van der Waals surface area contributed by atoms with Crippen LogP contribution in [0.3, 0.4) is 0 Å². The molecule has 0 aliphatic heterocycles. The summed E-state index contributed by atoms with van der Waals surface area (Å²) in [5.41, 5.74) is 6.49. The van der Waals surface area contributed by atoms with Gasteiger partial charge in [0.2, 0.25) is 0 Å². The zero-order chi connectivity index (χ0) is 13.7. The average molecular weight is 281 g/mol. The quantitative estimate of drug-likeness (QED) is 0.882. The number of hydrogen-bond donors (Lipinski definition) is 1. The number of rotatable bonds is 6. The second-order valence-electron chi connectivity index (χ2n) is 4.11. The van der Waals surface area contributed by atoms with E-state index in [1.54, 1.807) is 6.07 Å². The van der Waals surface area contributed by atoms with Gasteiger partial charge in [0, 0.05) is 23.7 Å². The van der Waals surface area contributed by atoms with Crippen molar-refractivity contribution >= 4 is 11.6 Å². The predicted octanol–water partition coefficient (Wildman–Crippen LogP) is 2.38. The van der Waals surface area contributed by atoms with Crippen molar-refractivity contribution in [3.05, 3.63) is 40.9 Å². The van der Waals surface area contributed by atoms with Crippen LogP contribution in [0.1, 0.15) is 24.7 Å². The molecule has 0 saturated carbocycles. The predicted molar refractivity (Wildman–Crippen MR) is 74.0 cm³/mol. The number of benzene rings is 1. The van der Waals surface area contributed by atoms with Crippen molar-refractivity contribution in [3.63, 3.8) is 0 Å². The van der Waals surface area contributed by atoms with Gasteiger partial charge in [0.15, 0.2) is 5.82 Å². The van der Waals surface area contributed by atoms with Crippen LogP contribution in [-0.2, 0) is 19.7 Å². The molecule has 0 bridgehead atoms. The van der Waals surface area contributed by atoms with E-state index in [0.29, 0.717) is 23.9 Å². The molecule has 1 aromatic heterocycles. The van der Waals surface area contributed by atoms with E-state index < -0.39 is 0 Å². The van der Waals surface area contributed by atoms with Crippen molar-refractivity contribution < 1.29 is 4.74 Å². The lowest BCUT2D eigenvalue weighted by molar-refractivity contribution is 0.283. The summed E-state index contributed by atoms with van der Waals surface area (Å²) in [7, 11) is 0. The monoisotopic (exact) mass is 280 g/mol. The van der Waals surface area contributed by atoms with Gasteiger partial charge in [-0.2, -0.15) is 5.10 Å². The third-order valence-electron chi connectivity index (χ3n) is 2.77. The molecular formula is C13H17ClN4O. The van der Waals surface area contributed by atoms with E-state index in [0.717, 1.165) is 24.4 Å². The summed E-state index contributed by atoms with van der Waals surface area (Å²) in [6.45, 7) is 3.62. The van der Waals surface area contributed by atoms with Gasteiger partial charge in [-0.15, -0.1) is 0 Å². The van der Waals surface area contributed by atoms with Crippen molar-refractivity contribution in [2.45, 2.75) is 33.0 Å². The molecule has 0 spiro atoms. The van der Waals surface area contributed by atoms with Crippen LogP contribution >= 0.6 is 11.6 Å². The molecule has 6 heteroatoms. The molecule has 0 unspecified atom stereocenters. The highest BCUT2D eigenvalue weighted by atomic mass is 35.5. The van der Waals surface area contributed by atoms with Crippen LogP contribution in [0, 0.1) is 0 Å². The minimum absolute atomic E-state index is 0.344. The first-order valence-electron chi connectivity index (χ1n) is 6.23. The number of ether oxygens (including phenoxy) is 1. The zero-order valence-electron chi connectivity index (χ0n) is 10.8. The zero-order valence-corrected chi connectivity index (χ0v) is 11.6. The fourth-order valence-corrected chi connectivity index (χ4v) is 2.06. The molecule has 0 aliphatic carbocycles. The Bertz CT molecular complexity index is 541. The van der Waals surface area contributed by atoms with E-state index in [1.165, 1.54) is 6.33 Å². The first-order chi connectivity index (χ1) is 9.26. The highest BCUT2D eigenvalue weighted by Crippen LogP contribution is 2.26. The van der Waals surface area contributed by atoms with Crippen molar-refractivity contribution in [2.75, 3.05) is 0 Å². The lowest BCUT2D eigenvalue weighted by atomic mass is 10.2. The molecule has 2 N–H and O–H groups in total. The maximum Gasteiger partial charge on any atom is 0.164 e. The van der Waals surface area contributed by atoms with Gasteiger partial charge < -0.3 is 10.5 Å². The Kier molecular flexibility index (Phi) is 4.76. The van der Waals surface area contributed by atoms with Crippen molar-refractivity contribution in [3.8, 4) is 5.75 Å². The third kappa shape index (κ3) is 3.24. The largest absolute Gasteiger partial charge is 0.485 e. The van der Waals surface area contributed by atoms with Gasteiger partial charge in [0.05, 0.1) is 0 Å². The fourth-order valence-electron chi connectivity index (χ4n) is 1.81. The van der Waals surface area contributed by atoms with Crippen molar-refractivity contribution in [1.82, 2.24) is 14.8 Å². The topological polar surface area (TPSA) is 66.0 Å². The fraction of sp³-hybridized carbons (Fsp3) is 0.385. The molecule has 2 aromatic rings. The Morgan fingerprint density at radius 3 is 3.00 bits per heavy atom. The van der Waals surface area contributed by atoms with Crippen LogP contribution in [0.15, 0.2) is 24.5 Å². The lowest BCUT2D eigenvalue weighted by Gasteiger charge is -2.11. The standard InChI is InChI=1S/C13H17ClN4O/c1-2-6-18-13(16-9-17-18)8-19-12-5-3-4-11(14)10(12)7-15/h3-5,9H,2,6-8,15H2,1H3. The van der Waals surface area contributed by atoms with E-state index in [1.807, 2.05) is 16.8 Å². The van der Waals surface area contributed by atoms with Crippen molar-refractivity contribution in [1.29, 1.82) is 0 Å². The second-order valence-corrected chi connectivity index (χ2v) is 4.52. The van der Waals surface area contributed by atoms with Gasteiger partial charge in [0.1, 0.15) is 18.7 Å². The molecule has 0 amide bonds. The molecule has 1 aromatic carbocycles. The van der Waals surface area contributed by atoms with E-state index in [9.17, 15) is 0 Å². The summed E-state index contributed by atoms with van der Waals surface area (Å²) in [5.74, 6) is 1.49. The van der Waals surface area contributed by atoms with Gasteiger partial charge in [-0.1, -0.05) is 24.6 Å². The highest BCUT2D eigenvalue weighted by Gasteiger charge is 2.09. The van der Waals surface area contributed by atoms with Gasteiger partial charge in [-0.05, 0) is 18.6 Å². The number of hydrogen-bond acceptors (Lipinski definition) is 4. The Balaban J connectivity index is 2.10. The molecule has 1 heterocycles. The van der Waals surface area contributed by atoms with Gasteiger partial charge in [-0.25, -0.2) is 9.67 Å². The third-order valence-corrected chi connectivity index (χ3v) is 3.12. The smallest absolute Gasteiger partial charge is 0.164 e. The Morgan fingerprint density at radius 2 is 2.26 bits per heavy atom. The Hall–Kier alpha value is -1.59. The van der Waals surface area contributed by atoms with Crippen LogP contribution in [0.25, 0.3) is 0 Å². The second kappa shape index (κ2) is 6.54. The van der Waals surface area contributed by atoms with Crippen LogP contribution in [0.4, 0.5) is 0 Å². The van der Waals surface area contributed by atoms with E-state index in [-0.39, 0.29) is 0 Å². The number of nitrogens with zero attached hydrogens (tertiary/aromatic N) is 3. The van der Waals surface area contributed by atoms with E-state index in [2.05, 4.69) is 17.0 Å². The average Bonchev–Trinajstić information content (AvgIpc) is 2.84. The van der Waals surface area contributed by atoms with Crippen LogP contribution < -0.4 is 10.5 Å². The molecule has 2 rings (SSSR count). The van der Waals surface area contributed by atoms with E-state index in [4.69, 9.17) is 22.1 Å². The maximum atomic E-state index is 6.08. The van der Waals surface area contributed by atoms with Crippen molar-refractivity contribution in [2.24, 2.45) is 5.73 Å². The van der Waals surface area contributed by atoms with Gasteiger partial charge in [0.25, 0.3) is 0 Å². The molecule has 19 heavy (non-hydrogen) atoms. The van der Waals surface area contributed by atoms with Crippen LogP contribution in [0.5, 0.6) is 5.75 Å². The summed E-state index contributed by atoms with van der Waals surface area (Å²) in [5, 5.41) is 4.77. The summed E-state index contributed by atoms with van der Waals surface area (Å²) >= 11 is 6.08. The lowest BCUT2D eigenvalue weighted by Crippen LogP contribution is -2.10. The van der Waals surface area contributed by atoms with Gasteiger partial charge in [-0.3, -0.25) is 0 Å². The first kappa shape index (κ1) is 13.8. The molecule has 102 valence electrons. The molecule has 0 atom stereocenters. The molecule has 0 aliphatic rings. The number of aryl methyl sites for hydroxylation is 1. The van der Waals surface area contributed by atoms with Crippen LogP contribution in [-0.4, -0.2) is 14.8 Å². The molecule has 5 nitrogen and oxygen atoms in total. The minimum Gasteiger partial charge on any atom is -0.485 e. The SMILES string of the molecule is CCCn1ncnc1COc1cccc(Cl)c1CN. The number of aromatic nitrogens is 3. The van der Waals surface area contributed by atoms with Crippen LogP contribution in [0.2, 0.25) is 5.02 Å². The number of halogens is 1. The summed E-state index contributed by atoms with van der Waals surface area (Å²) in [6.07, 6.45) is 2.54. The number of nitrogens with two attached hydrogens (primary N) is 1.